The van der Waals surface area contributed by atoms with Crippen molar-refractivity contribution >= 4 is 31.9 Å². The van der Waals surface area contributed by atoms with Gasteiger partial charge in [-0.3, -0.25) is 0 Å². The van der Waals surface area contributed by atoms with Gasteiger partial charge in [0.05, 0.1) is 23.3 Å². The third-order valence-corrected chi connectivity index (χ3v) is 4.10. The number of benzene rings is 1. The van der Waals surface area contributed by atoms with Gasteiger partial charge < -0.3 is 10.1 Å². The van der Waals surface area contributed by atoms with E-state index in [4.69, 9.17) is 4.74 Å². The molecule has 0 fully saturated rings. The highest BCUT2D eigenvalue weighted by molar-refractivity contribution is 9.11. The van der Waals surface area contributed by atoms with Crippen molar-refractivity contribution in [2.45, 2.75) is 19.9 Å². The van der Waals surface area contributed by atoms with E-state index in [1.165, 1.54) is 0 Å². The van der Waals surface area contributed by atoms with Crippen LogP contribution in [0.5, 0.6) is 5.75 Å². The standard InChI is InChI=1S/C12H15Br2N5O/c1-4-15-7(2)12-16-17-18-19(12)10-6-11(20-3)9(14)5-8(10)13/h5-7,15H,4H2,1-3H3. The summed E-state index contributed by atoms with van der Waals surface area (Å²) in [4.78, 5) is 0. The number of tetrazole rings is 1. The Hall–Kier alpha value is -0.990. The monoisotopic (exact) mass is 403 g/mol. The number of aromatic nitrogens is 4. The van der Waals surface area contributed by atoms with Crippen molar-refractivity contribution in [3.63, 3.8) is 0 Å². The minimum absolute atomic E-state index is 0.0524. The van der Waals surface area contributed by atoms with Gasteiger partial charge in [0.1, 0.15) is 5.75 Å². The summed E-state index contributed by atoms with van der Waals surface area (Å²) in [6, 6.07) is 3.85. The van der Waals surface area contributed by atoms with Crippen molar-refractivity contribution in [1.82, 2.24) is 25.5 Å². The highest BCUT2D eigenvalue weighted by atomic mass is 79.9. The number of nitrogens with one attached hydrogen (secondary N) is 1. The van der Waals surface area contributed by atoms with Gasteiger partial charge in [0.25, 0.3) is 0 Å². The molecule has 0 spiro atoms. The second-order valence-electron chi connectivity index (χ2n) is 4.17. The molecule has 20 heavy (non-hydrogen) atoms. The molecular weight excluding hydrogens is 390 g/mol. The smallest absolute Gasteiger partial charge is 0.173 e. The first-order chi connectivity index (χ1) is 9.58. The van der Waals surface area contributed by atoms with Crippen molar-refractivity contribution in [2.75, 3.05) is 13.7 Å². The van der Waals surface area contributed by atoms with E-state index in [2.05, 4.69) is 52.7 Å². The Morgan fingerprint density at radius 2 is 2.10 bits per heavy atom. The van der Waals surface area contributed by atoms with Crippen LogP contribution in [0.15, 0.2) is 21.1 Å². The number of methoxy groups -OCH3 is 1. The molecule has 2 rings (SSSR count). The lowest BCUT2D eigenvalue weighted by Crippen LogP contribution is -2.21. The second kappa shape index (κ2) is 6.64. The highest BCUT2D eigenvalue weighted by Gasteiger charge is 2.18. The van der Waals surface area contributed by atoms with Gasteiger partial charge in [-0.1, -0.05) is 6.92 Å². The maximum atomic E-state index is 5.32. The molecule has 108 valence electrons. The Morgan fingerprint density at radius 1 is 1.35 bits per heavy atom. The zero-order valence-corrected chi connectivity index (χ0v) is 14.6. The molecule has 0 amide bonds. The average molecular weight is 405 g/mol. The van der Waals surface area contributed by atoms with Crippen molar-refractivity contribution in [1.29, 1.82) is 0 Å². The van der Waals surface area contributed by atoms with E-state index in [1.54, 1.807) is 11.8 Å². The van der Waals surface area contributed by atoms with Gasteiger partial charge in [-0.15, -0.1) is 5.10 Å². The number of hydrogen-bond acceptors (Lipinski definition) is 5. The van der Waals surface area contributed by atoms with Crippen LogP contribution in [0.1, 0.15) is 25.7 Å². The summed E-state index contributed by atoms with van der Waals surface area (Å²) in [6.07, 6.45) is 0. The van der Waals surface area contributed by atoms with Crippen LogP contribution in [0.2, 0.25) is 0 Å². The van der Waals surface area contributed by atoms with Crippen LogP contribution in [0.4, 0.5) is 0 Å². The molecule has 0 saturated heterocycles. The topological polar surface area (TPSA) is 64.9 Å². The lowest BCUT2D eigenvalue weighted by molar-refractivity contribution is 0.411. The lowest BCUT2D eigenvalue weighted by Gasteiger charge is -2.14. The molecular formula is C12H15Br2N5O. The number of hydrogen-bond donors (Lipinski definition) is 1. The Labute approximate surface area is 134 Å². The van der Waals surface area contributed by atoms with Crippen molar-refractivity contribution < 1.29 is 4.74 Å². The average Bonchev–Trinajstić information content (AvgIpc) is 2.88. The first-order valence-electron chi connectivity index (χ1n) is 6.13. The summed E-state index contributed by atoms with van der Waals surface area (Å²) in [5.41, 5.74) is 0.829. The van der Waals surface area contributed by atoms with Gasteiger partial charge in [0.15, 0.2) is 5.82 Å². The first-order valence-corrected chi connectivity index (χ1v) is 7.72. The summed E-state index contributed by atoms with van der Waals surface area (Å²) in [6.45, 7) is 4.91. The largest absolute Gasteiger partial charge is 0.495 e. The summed E-state index contributed by atoms with van der Waals surface area (Å²) in [5, 5.41) is 15.2. The molecule has 0 bridgehead atoms. The fourth-order valence-corrected chi connectivity index (χ4v) is 3.19. The van der Waals surface area contributed by atoms with Crippen LogP contribution in [0.25, 0.3) is 5.69 Å². The molecule has 0 radical (unpaired) electrons. The molecule has 1 unspecified atom stereocenters. The van der Waals surface area contributed by atoms with Crippen molar-refractivity contribution in [3.05, 3.63) is 26.9 Å². The van der Waals surface area contributed by atoms with E-state index >= 15 is 0 Å². The summed E-state index contributed by atoms with van der Waals surface area (Å²) >= 11 is 6.98. The minimum Gasteiger partial charge on any atom is -0.495 e. The molecule has 2 aromatic rings. The normalized spacial score (nSPS) is 12.4. The third kappa shape index (κ3) is 3.02. The fourth-order valence-electron chi connectivity index (χ4n) is 1.87. The quantitative estimate of drug-likeness (QED) is 0.829. The Morgan fingerprint density at radius 3 is 2.75 bits per heavy atom. The number of rotatable bonds is 5. The Kier molecular flexibility index (Phi) is 5.11. The van der Waals surface area contributed by atoms with Gasteiger partial charge in [0.2, 0.25) is 0 Å². The van der Waals surface area contributed by atoms with E-state index < -0.39 is 0 Å². The van der Waals surface area contributed by atoms with Gasteiger partial charge in [0, 0.05) is 10.5 Å². The highest BCUT2D eigenvalue weighted by Crippen LogP contribution is 2.33. The van der Waals surface area contributed by atoms with Crippen LogP contribution in [0.3, 0.4) is 0 Å². The Bertz CT molecular complexity index is 602. The predicted molar refractivity (Wildman–Crippen MR) is 83.2 cm³/mol. The number of halogens is 2. The molecule has 8 heteroatoms. The Balaban J connectivity index is 2.49. The van der Waals surface area contributed by atoms with Crippen LogP contribution >= 0.6 is 31.9 Å². The van der Waals surface area contributed by atoms with Crippen LogP contribution in [-0.4, -0.2) is 33.9 Å². The molecule has 6 nitrogen and oxygen atoms in total. The van der Waals surface area contributed by atoms with E-state index in [0.717, 1.165) is 32.8 Å². The molecule has 1 N–H and O–H groups in total. The summed E-state index contributed by atoms with van der Waals surface area (Å²) in [7, 11) is 1.62. The van der Waals surface area contributed by atoms with Crippen molar-refractivity contribution in [2.24, 2.45) is 0 Å². The van der Waals surface area contributed by atoms with E-state index in [1.807, 2.05) is 26.0 Å². The van der Waals surface area contributed by atoms with Gasteiger partial charge in [-0.05, 0) is 61.8 Å². The van der Waals surface area contributed by atoms with Crippen LogP contribution in [0, 0.1) is 0 Å². The summed E-state index contributed by atoms with van der Waals surface area (Å²) in [5.74, 6) is 1.47. The van der Waals surface area contributed by atoms with E-state index in [-0.39, 0.29) is 6.04 Å². The number of nitrogens with zero attached hydrogens (tertiary/aromatic N) is 4. The van der Waals surface area contributed by atoms with Gasteiger partial charge in [-0.2, -0.15) is 4.68 Å². The first kappa shape index (κ1) is 15.4. The molecule has 0 aliphatic carbocycles. The maximum absolute atomic E-state index is 5.32. The lowest BCUT2D eigenvalue weighted by atomic mass is 10.2. The molecule has 1 heterocycles. The molecule has 0 saturated carbocycles. The van der Waals surface area contributed by atoms with Crippen LogP contribution in [-0.2, 0) is 0 Å². The maximum Gasteiger partial charge on any atom is 0.173 e. The van der Waals surface area contributed by atoms with Gasteiger partial charge in [-0.25, -0.2) is 0 Å². The fraction of sp³-hybridized carbons (Fsp3) is 0.417. The molecule has 0 aliphatic heterocycles. The zero-order chi connectivity index (χ0) is 14.7. The van der Waals surface area contributed by atoms with Crippen molar-refractivity contribution in [3.8, 4) is 11.4 Å². The van der Waals surface area contributed by atoms with Crippen LogP contribution < -0.4 is 10.1 Å². The SMILES string of the molecule is CCNC(C)c1nnnn1-c1cc(OC)c(Br)cc1Br. The molecule has 1 aromatic carbocycles. The third-order valence-electron chi connectivity index (χ3n) is 2.84. The second-order valence-corrected chi connectivity index (χ2v) is 5.88. The van der Waals surface area contributed by atoms with Gasteiger partial charge >= 0.3 is 0 Å². The molecule has 1 aromatic heterocycles. The molecule has 1 atom stereocenters. The van der Waals surface area contributed by atoms with E-state index in [9.17, 15) is 0 Å². The predicted octanol–water partition coefficient (Wildman–Crippen LogP) is 2.87. The molecule has 0 aliphatic rings. The minimum atomic E-state index is 0.0524. The summed E-state index contributed by atoms with van der Waals surface area (Å²) < 4.78 is 8.77. The number of ether oxygens (including phenoxy) is 1. The zero-order valence-electron chi connectivity index (χ0n) is 11.4. The van der Waals surface area contributed by atoms with E-state index in [0.29, 0.717) is 0 Å².